The van der Waals surface area contributed by atoms with E-state index in [9.17, 15) is 5.26 Å². The van der Waals surface area contributed by atoms with Gasteiger partial charge in [-0.15, -0.1) is 0 Å². The van der Waals surface area contributed by atoms with E-state index in [0.29, 0.717) is 20.9 Å². The molecule has 3 rings (SSSR count). The van der Waals surface area contributed by atoms with Gasteiger partial charge in [-0.3, -0.25) is 9.80 Å². The van der Waals surface area contributed by atoms with Crippen molar-refractivity contribution in [2.75, 3.05) is 19.5 Å². The smallest absolute Gasteiger partial charge is 0.0638 e. The van der Waals surface area contributed by atoms with Gasteiger partial charge in [0.25, 0.3) is 0 Å². The first-order valence-electron chi connectivity index (χ1n) is 11.8. The largest absolute Gasteiger partial charge is 0.296 e. The van der Waals surface area contributed by atoms with Crippen molar-refractivity contribution in [2.24, 2.45) is 0 Å². The summed E-state index contributed by atoms with van der Waals surface area (Å²) in [5.41, 5.74) is 0.872. The molecule has 0 aromatic heterocycles. The Labute approximate surface area is 151 Å². The molecule has 23 heavy (non-hydrogen) atoms. The molecular weight excluding hydrogens is 282 g/mol. The number of hydrogen-bond acceptors (Lipinski definition) is 3. The summed E-state index contributed by atoms with van der Waals surface area (Å²) in [5, 5.41) is 9.53. The lowest BCUT2D eigenvalue weighted by Crippen LogP contribution is -2.52. The first kappa shape index (κ1) is 8.10. The van der Waals surface area contributed by atoms with Crippen molar-refractivity contribution >= 4 is 0 Å². The van der Waals surface area contributed by atoms with Crippen LogP contribution in [0.5, 0.6) is 0 Å². The first-order chi connectivity index (χ1) is 14.7. The average molecular weight is 314 g/mol. The van der Waals surface area contributed by atoms with Gasteiger partial charge in [-0.25, -0.2) is 0 Å². The zero-order chi connectivity index (χ0) is 24.0. The van der Waals surface area contributed by atoms with Crippen molar-refractivity contribution in [2.45, 2.75) is 25.5 Å². The maximum absolute atomic E-state index is 9.53. The van der Waals surface area contributed by atoms with Crippen molar-refractivity contribution in [1.29, 1.82) is 5.26 Å². The minimum absolute atomic E-state index is 0.421. The van der Waals surface area contributed by atoms with Crippen LogP contribution in [0.4, 0.5) is 0 Å². The van der Waals surface area contributed by atoms with Crippen molar-refractivity contribution in [3.8, 4) is 6.07 Å². The molecule has 1 aliphatic heterocycles. The molecule has 1 aliphatic rings. The number of nitrogens with zero attached hydrogens (tertiary/aromatic N) is 3. The van der Waals surface area contributed by atoms with E-state index >= 15 is 0 Å². The summed E-state index contributed by atoms with van der Waals surface area (Å²) in [6, 6.07) is 14.6. The molecule has 0 N–H and O–H groups in total. The minimum atomic E-state index is -3.19. The van der Waals surface area contributed by atoms with Crippen molar-refractivity contribution in [3.05, 3.63) is 71.8 Å². The lowest BCUT2D eigenvalue weighted by atomic mass is 10.1. The van der Waals surface area contributed by atoms with Gasteiger partial charge >= 0.3 is 0 Å². The second-order valence-corrected chi connectivity index (χ2v) is 5.06. The molecule has 0 bridgehead atoms. The van der Waals surface area contributed by atoms with E-state index < -0.39 is 45.0 Å². The first-order valence-corrected chi connectivity index (χ1v) is 7.28. The van der Waals surface area contributed by atoms with Gasteiger partial charge in [0.1, 0.15) is 0 Å². The summed E-state index contributed by atoms with van der Waals surface area (Å²) in [4.78, 5) is 1.01. The molecule has 118 valence electrons. The van der Waals surface area contributed by atoms with Crippen LogP contribution in [0.15, 0.2) is 60.7 Å². The normalized spacial score (nSPS) is 35.5. The van der Waals surface area contributed by atoms with Crippen LogP contribution >= 0.6 is 0 Å². The SMILES string of the molecule is [2H]C([2H])(C#N)C1([2H])N(Cc2ccccc2)C([2H])([2H])C([2H])([2H])N(Cc2ccccc2)C1([2H])[2H]. The highest BCUT2D eigenvalue weighted by Gasteiger charge is 2.26. The molecule has 3 nitrogen and oxygen atoms in total. The van der Waals surface area contributed by atoms with Crippen LogP contribution in [0.2, 0.25) is 0 Å². The third-order valence-corrected chi connectivity index (χ3v) is 3.37. The quantitative estimate of drug-likeness (QED) is 0.848. The average Bonchev–Trinajstić information content (AvgIpc) is 2.75. The third kappa shape index (κ3) is 4.41. The van der Waals surface area contributed by atoms with Gasteiger partial charge in [0.2, 0.25) is 0 Å². The third-order valence-electron chi connectivity index (χ3n) is 3.37. The highest BCUT2D eigenvalue weighted by atomic mass is 15.3. The Kier molecular flexibility index (Phi) is 2.79. The molecule has 3 heteroatoms. The van der Waals surface area contributed by atoms with E-state index in [1.54, 1.807) is 60.7 Å². The minimum Gasteiger partial charge on any atom is -0.296 e. The number of benzene rings is 2. The fourth-order valence-corrected chi connectivity index (χ4v) is 2.27. The van der Waals surface area contributed by atoms with Gasteiger partial charge in [0, 0.05) is 50.9 Å². The second kappa shape index (κ2) is 7.92. The predicted octanol–water partition coefficient (Wildman–Crippen LogP) is 3.29. The standard InChI is InChI=1S/C20H23N3/c21-12-11-20-17-22(15-18-7-3-1-4-8-18)13-14-23(20)16-19-9-5-2-6-10-19/h1-10,20H,11,13-17H2/i11D2,13D2,14D2,17D2,20D. The number of rotatable bonds is 5. The predicted molar refractivity (Wildman–Crippen MR) is 92.6 cm³/mol. The van der Waals surface area contributed by atoms with Gasteiger partial charge < -0.3 is 0 Å². The van der Waals surface area contributed by atoms with Gasteiger partial charge in [-0.2, -0.15) is 5.26 Å². The maximum atomic E-state index is 9.53. The fourth-order valence-electron chi connectivity index (χ4n) is 2.27. The summed E-state index contributed by atoms with van der Waals surface area (Å²) < 4.78 is 77.3. The van der Waals surface area contributed by atoms with Crippen LogP contribution in [-0.4, -0.2) is 35.3 Å². The zero-order valence-electron chi connectivity index (χ0n) is 21.5. The van der Waals surface area contributed by atoms with Crippen molar-refractivity contribution in [3.63, 3.8) is 0 Å². The van der Waals surface area contributed by atoms with E-state index in [1.165, 1.54) is 6.07 Å². The molecule has 0 aliphatic carbocycles. The molecule has 0 amide bonds. The summed E-state index contributed by atoms with van der Waals surface area (Å²) in [7, 11) is 0. The molecule has 2 aromatic rings. The highest BCUT2D eigenvalue weighted by molar-refractivity contribution is 5.16. The van der Waals surface area contributed by atoms with Crippen molar-refractivity contribution in [1.82, 2.24) is 9.80 Å². The van der Waals surface area contributed by atoms with Gasteiger partial charge in [-0.1, -0.05) is 60.7 Å². The fraction of sp³-hybridized carbons (Fsp3) is 0.350. The van der Waals surface area contributed by atoms with Crippen LogP contribution in [0, 0.1) is 11.3 Å². The Morgan fingerprint density at radius 2 is 1.65 bits per heavy atom. The maximum Gasteiger partial charge on any atom is 0.0638 e. The molecule has 2 aromatic carbocycles. The molecule has 1 fully saturated rings. The molecule has 0 spiro atoms. The molecule has 1 saturated heterocycles. The Morgan fingerprint density at radius 3 is 2.26 bits per heavy atom. The van der Waals surface area contributed by atoms with E-state index in [-0.39, 0.29) is 0 Å². The molecule has 0 saturated carbocycles. The van der Waals surface area contributed by atoms with E-state index in [1.807, 2.05) is 0 Å². The van der Waals surface area contributed by atoms with Crippen LogP contribution in [0.1, 0.15) is 29.8 Å². The van der Waals surface area contributed by atoms with Crippen LogP contribution in [-0.2, 0) is 13.1 Å². The van der Waals surface area contributed by atoms with Crippen LogP contribution < -0.4 is 0 Å². The summed E-state index contributed by atoms with van der Waals surface area (Å²) in [6.07, 6.45) is -3.19. The van der Waals surface area contributed by atoms with Gasteiger partial charge in [0.15, 0.2) is 0 Å². The molecule has 0 radical (unpaired) electrons. The highest BCUT2D eigenvalue weighted by Crippen LogP contribution is 2.18. The van der Waals surface area contributed by atoms with E-state index in [2.05, 4.69) is 0 Å². The number of piperazine rings is 1. The molecule has 1 unspecified atom stereocenters. The second-order valence-electron chi connectivity index (χ2n) is 5.06. The van der Waals surface area contributed by atoms with Gasteiger partial charge in [0.05, 0.1) is 12.4 Å². The monoisotopic (exact) mass is 314 g/mol. The van der Waals surface area contributed by atoms with Crippen molar-refractivity contribution < 1.29 is 12.3 Å². The van der Waals surface area contributed by atoms with E-state index in [0.717, 1.165) is 0 Å². The van der Waals surface area contributed by atoms with Gasteiger partial charge in [-0.05, 0) is 11.1 Å². The zero-order valence-corrected chi connectivity index (χ0v) is 12.5. The molecular formula is C20H23N3. The molecule has 1 atom stereocenters. The Morgan fingerprint density at radius 1 is 1.04 bits per heavy atom. The molecule has 1 heterocycles. The lowest BCUT2D eigenvalue weighted by Gasteiger charge is -2.40. The number of hydrogen-bond donors (Lipinski definition) is 0. The van der Waals surface area contributed by atoms with E-state index in [4.69, 9.17) is 12.3 Å². The Balaban J connectivity index is 2.24. The Hall–Kier alpha value is -2.15. The summed E-state index contributed by atoms with van der Waals surface area (Å²) in [5.74, 6) is 0. The number of nitriles is 1. The summed E-state index contributed by atoms with van der Waals surface area (Å²) >= 11 is 0. The van der Waals surface area contributed by atoms with Crippen LogP contribution in [0.25, 0.3) is 0 Å². The Bertz CT molecular complexity index is 992. The lowest BCUT2D eigenvalue weighted by molar-refractivity contribution is 0.0662. The summed E-state index contributed by atoms with van der Waals surface area (Å²) in [6.45, 7) is -10.0. The topological polar surface area (TPSA) is 30.3 Å². The van der Waals surface area contributed by atoms with Crippen LogP contribution in [0.3, 0.4) is 0 Å².